The van der Waals surface area contributed by atoms with E-state index in [0.717, 1.165) is 66.1 Å². The monoisotopic (exact) mass is 680 g/mol. The summed E-state index contributed by atoms with van der Waals surface area (Å²) in [5, 5.41) is 3.79. The first-order chi connectivity index (χ1) is 25.1. The minimum Gasteiger partial charge on any atom is -0.394 e. The molecule has 8 aromatic carbocycles. The smallest absolute Gasteiger partial charge is 0.394 e. The van der Waals surface area contributed by atoms with Gasteiger partial charge in [-0.15, -0.1) is 0 Å². The van der Waals surface area contributed by atoms with E-state index in [1.165, 1.54) is 0 Å². The number of rotatable bonds is 6. The van der Waals surface area contributed by atoms with Gasteiger partial charge in [0.1, 0.15) is 11.5 Å². The van der Waals surface area contributed by atoms with Crippen LogP contribution in [0.3, 0.4) is 0 Å². The van der Waals surface area contributed by atoms with Crippen LogP contribution in [-0.2, 0) is 4.57 Å². The van der Waals surface area contributed by atoms with Crippen LogP contribution in [0.15, 0.2) is 182 Å². The van der Waals surface area contributed by atoms with Crippen molar-refractivity contribution in [1.29, 1.82) is 0 Å². The van der Waals surface area contributed by atoms with Crippen LogP contribution in [-0.4, -0.2) is 4.89 Å². The molecule has 51 heavy (non-hydrogen) atoms. The van der Waals surface area contributed by atoms with Crippen LogP contribution in [0.5, 0.6) is 11.5 Å². The van der Waals surface area contributed by atoms with E-state index in [-0.39, 0.29) is 11.8 Å². The maximum Gasteiger partial charge on any atom is 0.584 e. The molecule has 1 aliphatic rings. The number of hydrogen-bond donors (Lipinski definition) is 1. The summed E-state index contributed by atoms with van der Waals surface area (Å²) in [6, 6.07) is 61.5. The molecule has 9 rings (SSSR count). The lowest BCUT2D eigenvalue weighted by Gasteiger charge is -2.25. The van der Waals surface area contributed by atoms with Crippen molar-refractivity contribution in [1.82, 2.24) is 0 Å². The summed E-state index contributed by atoms with van der Waals surface area (Å²) in [6.45, 7) is 0. The molecule has 0 fully saturated rings. The van der Waals surface area contributed by atoms with Gasteiger partial charge in [-0.3, -0.25) is 4.89 Å². The average molecular weight is 681 g/mol. The molecule has 1 N–H and O–H groups in total. The molecule has 246 valence electrons. The van der Waals surface area contributed by atoms with Crippen molar-refractivity contribution in [3.05, 3.63) is 215 Å². The number of phosphoric ester groups is 1. The molecular formula is C46H33O4P. The first-order valence-corrected chi connectivity index (χ1v) is 18.6. The Kier molecular flexibility index (Phi) is 7.77. The van der Waals surface area contributed by atoms with Gasteiger partial charge in [0.25, 0.3) is 0 Å². The molecule has 1 aliphatic heterocycles. The molecular weight excluding hydrogens is 647 g/mol. The van der Waals surface area contributed by atoms with E-state index in [1.54, 1.807) is 0 Å². The molecule has 0 aliphatic carbocycles. The van der Waals surface area contributed by atoms with Gasteiger partial charge < -0.3 is 9.05 Å². The molecule has 4 nitrogen and oxygen atoms in total. The first-order valence-electron chi connectivity index (χ1n) is 17.1. The largest absolute Gasteiger partial charge is 0.584 e. The predicted octanol–water partition coefficient (Wildman–Crippen LogP) is 11.9. The van der Waals surface area contributed by atoms with Crippen molar-refractivity contribution >= 4 is 29.4 Å². The quantitative estimate of drug-likeness (QED) is 0.140. The van der Waals surface area contributed by atoms with Gasteiger partial charge in [0.05, 0.1) is 0 Å². The summed E-state index contributed by atoms with van der Waals surface area (Å²) in [5.41, 5.74) is 7.18. The maximum atomic E-state index is 14.5. The van der Waals surface area contributed by atoms with Crippen LogP contribution in [0.4, 0.5) is 0 Å². The zero-order chi connectivity index (χ0) is 34.4. The third-order valence-corrected chi connectivity index (χ3v) is 10.7. The zero-order valence-corrected chi connectivity index (χ0v) is 28.5. The van der Waals surface area contributed by atoms with Gasteiger partial charge in [0.15, 0.2) is 0 Å². The van der Waals surface area contributed by atoms with Gasteiger partial charge in [-0.05, 0) is 55.9 Å². The highest BCUT2D eigenvalue weighted by Gasteiger charge is 2.40. The summed E-state index contributed by atoms with van der Waals surface area (Å²) in [4.78, 5) is 11.8. The van der Waals surface area contributed by atoms with E-state index in [4.69, 9.17) is 9.05 Å². The van der Waals surface area contributed by atoms with E-state index >= 15 is 0 Å². The molecule has 0 unspecified atom stereocenters. The van der Waals surface area contributed by atoms with Crippen LogP contribution in [0.1, 0.15) is 45.2 Å². The summed E-state index contributed by atoms with van der Waals surface area (Å²) in [7, 11) is -4.75. The topological polar surface area (TPSA) is 55.8 Å². The Balaban J connectivity index is 1.45. The van der Waals surface area contributed by atoms with E-state index in [0.29, 0.717) is 11.5 Å². The summed E-state index contributed by atoms with van der Waals surface area (Å²) < 4.78 is 27.2. The minimum absolute atomic E-state index is 0.303. The minimum atomic E-state index is -4.75. The van der Waals surface area contributed by atoms with Crippen LogP contribution in [0, 0.1) is 0 Å². The van der Waals surface area contributed by atoms with Gasteiger partial charge in [0.2, 0.25) is 0 Å². The Bertz CT molecular complexity index is 2310. The van der Waals surface area contributed by atoms with Crippen LogP contribution < -0.4 is 9.05 Å². The van der Waals surface area contributed by atoms with Gasteiger partial charge in [-0.25, -0.2) is 4.57 Å². The van der Waals surface area contributed by atoms with E-state index in [2.05, 4.69) is 84.9 Å². The fourth-order valence-corrected chi connectivity index (χ4v) is 8.65. The van der Waals surface area contributed by atoms with E-state index in [9.17, 15) is 9.46 Å². The fourth-order valence-electron chi connectivity index (χ4n) is 7.76. The lowest BCUT2D eigenvalue weighted by atomic mass is 9.79. The first kappa shape index (κ1) is 31.1. The second kappa shape index (κ2) is 12.8. The number of fused-ring (bicyclic) bond motifs is 7. The Morgan fingerprint density at radius 3 is 1.04 bits per heavy atom. The molecule has 5 heteroatoms. The SMILES string of the molecule is O=P1(O)Oc2c(C(c3ccccc3)c3ccccc3)cc3ccccc3c2-c2c(c(C(c3ccccc3)c3ccccc3)cc3ccccc23)O1. The summed E-state index contributed by atoms with van der Waals surface area (Å²) in [5.74, 6) is 0.0785. The molecule has 0 bridgehead atoms. The van der Waals surface area contributed by atoms with Gasteiger partial charge in [-0.1, -0.05) is 170 Å². The van der Waals surface area contributed by atoms with Crippen molar-refractivity contribution < 1.29 is 18.5 Å². The highest BCUT2D eigenvalue weighted by Crippen LogP contribution is 2.61. The van der Waals surface area contributed by atoms with Crippen molar-refractivity contribution in [2.75, 3.05) is 0 Å². The van der Waals surface area contributed by atoms with Gasteiger partial charge in [0, 0.05) is 34.1 Å². The molecule has 0 amide bonds. The summed E-state index contributed by atoms with van der Waals surface area (Å²) >= 11 is 0. The highest BCUT2D eigenvalue weighted by atomic mass is 31.2. The fraction of sp³-hybridized carbons (Fsp3) is 0.0435. The van der Waals surface area contributed by atoms with E-state index in [1.807, 2.05) is 97.1 Å². The lowest BCUT2D eigenvalue weighted by Crippen LogP contribution is -2.08. The number of phosphoric acid groups is 1. The van der Waals surface area contributed by atoms with E-state index < -0.39 is 7.82 Å². The van der Waals surface area contributed by atoms with Crippen molar-refractivity contribution in [2.24, 2.45) is 0 Å². The third-order valence-electron chi connectivity index (χ3n) is 9.88. The Morgan fingerprint density at radius 2 is 0.706 bits per heavy atom. The van der Waals surface area contributed by atoms with Crippen LogP contribution >= 0.6 is 7.82 Å². The maximum absolute atomic E-state index is 14.5. The lowest BCUT2D eigenvalue weighted by molar-refractivity contribution is 0.292. The third kappa shape index (κ3) is 5.60. The predicted molar refractivity (Wildman–Crippen MR) is 206 cm³/mol. The number of hydrogen-bond acceptors (Lipinski definition) is 3. The Morgan fingerprint density at radius 1 is 0.412 bits per heavy atom. The number of benzene rings is 8. The van der Waals surface area contributed by atoms with Crippen molar-refractivity contribution in [2.45, 2.75) is 11.8 Å². The molecule has 0 spiro atoms. The van der Waals surface area contributed by atoms with Gasteiger partial charge >= 0.3 is 7.82 Å². The Hall–Kier alpha value is -5.93. The second-order valence-electron chi connectivity index (χ2n) is 12.9. The standard InChI is InChI=1S/C46H33O4P/c47-51(48)49-45-39(41(31-17-5-1-6-18-31)32-19-7-2-8-20-32)29-35-25-13-15-27-37(35)43(45)44-38-28-16-14-26-36(38)30-40(46(44)50-51)42(33-21-9-3-10-22-33)34-23-11-4-12-24-34/h1-30,41-42H,(H,47,48). The van der Waals surface area contributed by atoms with Crippen molar-refractivity contribution in [3.63, 3.8) is 0 Å². The Labute approximate surface area is 296 Å². The van der Waals surface area contributed by atoms with Crippen LogP contribution in [0.25, 0.3) is 32.7 Å². The highest BCUT2D eigenvalue weighted by molar-refractivity contribution is 7.48. The zero-order valence-electron chi connectivity index (χ0n) is 27.6. The second-order valence-corrected chi connectivity index (χ2v) is 14.2. The molecule has 0 saturated carbocycles. The molecule has 0 radical (unpaired) electrons. The molecule has 0 saturated heterocycles. The molecule has 0 atom stereocenters. The molecule has 1 heterocycles. The summed E-state index contributed by atoms with van der Waals surface area (Å²) in [6.07, 6.45) is 0. The molecule has 8 aromatic rings. The molecule has 0 aromatic heterocycles. The van der Waals surface area contributed by atoms with Crippen molar-refractivity contribution in [3.8, 4) is 22.6 Å². The van der Waals surface area contributed by atoms with Gasteiger partial charge in [-0.2, -0.15) is 0 Å². The normalized spacial score (nSPS) is 13.3. The van der Waals surface area contributed by atoms with Crippen LogP contribution in [0.2, 0.25) is 0 Å². The average Bonchev–Trinajstić information content (AvgIpc) is 3.30.